The molecule has 0 unspecified atom stereocenters. The standard InChI is InChI=1S/C13H22N4/c1-10-7-11(14-4)16-12(15-10)8-17-6-5-13(2,3)9-17/h7H,5-6,8-9H2,1-4H3,(H,14,15,16). The molecule has 4 heteroatoms. The SMILES string of the molecule is CNc1cc(C)nc(CN2CCC(C)(C)C2)n1. The number of aryl methyl sites for hydroxylation is 1. The molecule has 0 radical (unpaired) electrons. The first kappa shape index (κ1) is 12.3. The summed E-state index contributed by atoms with van der Waals surface area (Å²) in [7, 11) is 1.89. The Hall–Kier alpha value is -1.16. The molecule has 1 saturated heterocycles. The summed E-state index contributed by atoms with van der Waals surface area (Å²) < 4.78 is 0. The second-order valence-corrected chi connectivity index (χ2v) is 5.69. The van der Waals surface area contributed by atoms with Crippen LogP contribution in [0.1, 0.15) is 31.8 Å². The number of likely N-dealkylation sites (tertiary alicyclic amines) is 1. The first-order valence-corrected chi connectivity index (χ1v) is 6.23. The Kier molecular flexibility index (Phi) is 3.33. The van der Waals surface area contributed by atoms with E-state index >= 15 is 0 Å². The number of nitrogens with zero attached hydrogens (tertiary/aromatic N) is 3. The molecule has 1 aliphatic heterocycles. The summed E-state index contributed by atoms with van der Waals surface area (Å²) in [6, 6.07) is 1.97. The summed E-state index contributed by atoms with van der Waals surface area (Å²) in [6.07, 6.45) is 1.26. The van der Waals surface area contributed by atoms with Gasteiger partial charge in [0, 0.05) is 25.4 Å². The largest absolute Gasteiger partial charge is 0.373 e. The monoisotopic (exact) mass is 234 g/mol. The zero-order valence-corrected chi connectivity index (χ0v) is 11.2. The van der Waals surface area contributed by atoms with E-state index in [0.717, 1.165) is 37.0 Å². The third kappa shape index (κ3) is 3.16. The number of hydrogen-bond donors (Lipinski definition) is 1. The van der Waals surface area contributed by atoms with Crippen molar-refractivity contribution in [3.63, 3.8) is 0 Å². The molecule has 0 saturated carbocycles. The Morgan fingerprint density at radius 1 is 1.41 bits per heavy atom. The van der Waals surface area contributed by atoms with E-state index in [9.17, 15) is 0 Å². The quantitative estimate of drug-likeness (QED) is 0.869. The van der Waals surface area contributed by atoms with Gasteiger partial charge in [-0.25, -0.2) is 9.97 Å². The molecule has 1 fully saturated rings. The zero-order valence-electron chi connectivity index (χ0n) is 11.2. The molecule has 0 aliphatic carbocycles. The minimum Gasteiger partial charge on any atom is -0.373 e. The Balaban J connectivity index is 2.06. The molecule has 0 amide bonds. The van der Waals surface area contributed by atoms with Gasteiger partial charge in [0.15, 0.2) is 0 Å². The lowest BCUT2D eigenvalue weighted by Crippen LogP contribution is -2.24. The molecule has 0 bridgehead atoms. The highest BCUT2D eigenvalue weighted by Crippen LogP contribution is 2.29. The van der Waals surface area contributed by atoms with E-state index in [-0.39, 0.29) is 0 Å². The number of hydrogen-bond acceptors (Lipinski definition) is 4. The van der Waals surface area contributed by atoms with E-state index in [1.54, 1.807) is 0 Å². The Bertz CT molecular complexity index is 400. The van der Waals surface area contributed by atoms with Crippen LogP contribution in [0.2, 0.25) is 0 Å². The van der Waals surface area contributed by atoms with E-state index in [1.165, 1.54) is 6.42 Å². The molecule has 0 atom stereocenters. The van der Waals surface area contributed by atoms with Crippen LogP contribution in [0, 0.1) is 12.3 Å². The van der Waals surface area contributed by atoms with Crippen LogP contribution in [0.15, 0.2) is 6.07 Å². The van der Waals surface area contributed by atoms with Crippen LogP contribution in [-0.4, -0.2) is 35.0 Å². The second-order valence-electron chi connectivity index (χ2n) is 5.69. The molecule has 1 aromatic heterocycles. The fraction of sp³-hybridized carbons (Fsp3) is 0.692. The lowest BCUT2D eigenvalue weighted by Gasteiger charge is -2.19. The van der Waals surface area contributed by atoms with Gasteiger partial charge in [0.1, 0.15) is 11.6 Å². The first-order valence-electron chi connectivity index (χ1n) is 6.23. The predicted molar refractivity (Wildman–Crippen MR) is 70.0 cm³/mol. The van der Waals surface area contributed by atoms with Crippen molar-refractivity contribution in [3.05, 3.63) is 17.6 Å². The van der Waals surface area contributed by atoms with Crippen molar-refractivity contribution >= 4 is 5.82 Å². The van der Waals surface area contributed by atoms with Crippen LogP contribution >= 0.6 is 0 Å². The van der Waals surface area contributed by atoms with E-state index in [0.29, 0.717) is 5.41 Å². The van der Waals surface area contributed by atoms with Gasteiger partial charge in [-0.1, -0.05) is 13.8 Å². The van der Waals surface area contributed by atoms with Crippen molar-refractivity contribution in [1.29, 1.82) is 0 Å². The highest BCUT2D eigenvalue weighted by atomic mass is 15.2. The van der Waals surface area contributed by atoms with Crippen molar-refractivity contribution in [2.24, 2.45) is 5.41 Å². The van der Waals surface area contributed by atoms with Gasteiger partial charge >= 0.3 is 0 Å². The molecule has 1 aliphatic rings. The second kappa shape index (κ2) is 4.61. The number of anilines is 1. The van der Waals surface area contributed by atoms with E-state index < -0.39 is 0 Å². The highest BCUT2D eigenvalue weighted by molar-refractivity contribution is 5.34. The molecule has 0 spiro atoms. The maximum Gasteiger partial charge on any atom is 0.144 e. The molecule has 2 heterocycles. The van der Waals surface area contributed by atoms with Gasteiger partial charge in [-0.2, -0.15) is 0 Å². The van der Waals surface area contributed by atoms with Crippen LogP contribution in [-0.2, 0) is 6.54 Å². The number of rotatable bonds is 3. The molecular formula is C13H22N4. The summed E-state index contributed by atoms with van der Waals surface area (Å²) in [5.74, 6) is 1.83. The normalized spacial score (nSPS) is 19.5. The Morgan fingerprint density at radius 3 is 2.76 bits per heavy atom. The lowest BCUT2D eigenvalue weighted by molar-refractivity contribution is 0.278. The molecular weight excluding hydrogens is 212 g/mol. The van der Waals surface area contributed by atoms with Gasteiger partial charge in [0.25, 0.3) is 0 Å². The average molecular weight is 234 g/mol. The summed E-state index contributed by atoms with van der Waals surface area (Å²) in [5.41, 5.74) is 1.47. The van der Waals surface area contributed by atoms with E-state index in [2.05, 4.69) is 34.0 Å². The zero-order chi connectivity index (χ0) is 12.5. The third-order valence-corrected chi connectivity index (χ3v) is 3.28. The molecule has 4 nitrogen and oxygen atoms in total. The molecule has 1 N–H and O–H groups in total. The number of nitrogens with one attached hydrogen (secondary N) is 1. The smallest absolute Gasteiger partial charge is 0.144 e. The molecule has 94 valence electrons. The average Bonchev–Trinajstić information content (AvgIpc) is 2.57. The number of aromatic nitrogens is 2. The van der Waals surface area contributed by atoms with Crippen molar-refractivity contribution in [3.8, 4) is 0 Å². The Labute approximate surface area is 103 Å². The van der Waals surface area contributed by atoms with Gasteiger partial charge in [-0.15, -0.1) is 0 Å². The maximum atomic E-state index is 4.50. The van der Waals surface area contributed by atoms with Gasteiger partial charge < -0.3 is 5.32 Å². The minimum absolute atomic E-state index is 0.440. The molecule has 1 aromatic rings. The molecule has 2 rings (SSSR count). The summed E-state index contributed by atoms with van der Waals surface area (Å²) in [4.78, 5) is 11.4. The van der Waals surface area contributed by atoms with Crippen LogP contribution in [0.5, 0.6) is 0 Å². The predicted octanol–water partition coefficient (Wildman–Crippen LogP) is 2.06. The van der Waals surface area contributed by atoms with E-state index in [4.69, 9.17) is 0 Å². The van der Waals surface area contributed by atoms with Crippen LogP contribution < -0.4 is 5.32 Å². The van der Waals surface area contributed by atoms with Gasteiger partial charge in [-0.3, -0.25) is 4.90 Å². The van der Waals surface area contributed by atoms with Crippen LogP contribution in [0.25, 0.3) is 0 Å². The third-order valence-electron chi connectivity index (χ3n) is 3.28. The van der Waals surface area contributed by atoms with Crippen molar-refractivity contribution in [1.82, 2.24) is 14.9 Å². The summed E-state index contributed by atoms with van der Waals surface area (Å²) in [6.45, 7) is 9.81. The summed E-state index contributed by atoms with van der Waals surface area (Å²) >= 11 is 0. The Morgan fingerprint density at radius 2 is 2.18 bits per heavy atom. The van der Waals surface area contributed by atoms with E-state index in [1.807, 2.05) is 20.0 Å². The molecule has 0 aromatic carbocycles. The van der Waals surface area contributed by atoms with Crippen molar-refractivity contribution in [2.45, 2.75) is 33.7 Å². The van der Waals surface area contributed by atoms with Gasteiger partial charge in [0.2, 0.25) is 0 Å². The minimum atomic E-state index is 0.440. The van der Waals surface area contributed by atoms with Crippen molar-refractivity contribution in [2.75, 3.05) is 25.5 Å². The lowest BCUT2D eigenvalue weighted by atomic mass is 9.93. The summed E-state index contributed by atoms with van der Waals surface area (Å²) in [5, 5.41) is 3.08. The first-order chi connectivity index (χ1) is 7.98. The van der Waals surface area contributed by atoms with Crippen LogP contribution in [0.3, 0.4) is 0 Å². The van der Waals surface area contributed by atoms with Crippen LogP contribution in [0.4, 0.5) is 5.82 Å². The van der Waals surface area contributed by atoms with Crippen molar-refractivity contribution < 1.29 is 0 Å². The topological polar surface area (TPSA) is 41.1 Å². The highest BCUT2D eigenvalue weighted by Gasteiger charge is 2.29. The molecule has 17 heavy (non-hydrogen) atoms. The fourth-order valence-corrected chi connectivity index (χ4v) is 2.39. The van der Waals surface area contributed by atoms with Gasteiger partial charge in [0.05, 0.1) is 6.54 Å². The maximum absolute atomic E-state index is 4.50. The van der Waals surface area contributed by atoms with Gasteiger partial charge in [-0.05, 0) is 25.3 Å². The fourth-order valence-electron chi connectivity index (χ4n) is 2.39.